The van der Waals surface area contributed by atoms with Gasteiger partial charge in [0.2, 0.25) is 0 Å². The predicted molar refractivity (Wildman–Crippen MR) is 105 cm³/mol. The van der Waals surface area contributed by atoms with Gasteiger partial charge in [0.1, 0.15) is 17.1 Å². The Morgan fingerprint density at radius 3 is 2.59 bits per heavy atom. The maximum Gasteiger partial charge on any atom is 0.331 e. The minimum absolute atomic E-state index is 0.0680. The van der Waals surface area contributed by atoms with Crippen LogP contribution in [0.1, 0.15) is 17.1 Å². The average Bonchev–Trinajstić information content (AvgIpc) is 3.39. The van der Waals surface area contributed by atoms with Crippen molar-refractivity contribution in [3.8, 4) is 0 Å². The van der Waals surface area contributed by atoms with Crippen molar-refractivity contribution in [2.45, 2.75) is 17.4 Å². The largest absolute Gasteiger partial charge is 0.468 e. The molecule has 8 heteroatoms. The molecule has 0 spiro atoms. The highest BCUT2D eigenvalue weighted by Gasteiger charge is 2.35. The van der Waals surface area contributed by atoms with E-state index in [2.05, 4.69) is 5.32 Å². The van der Waals surface area contributed by atoms with Gasteiger partial charge in [0.15, 0.2) is 5.09 Å². The number of imide groups is 2. The lowest BCUT2D eigenvalue weighted by Gasteiger charge is -2.26. The van der Waals surface area contributed by atoms with E-state index < -0.39 is 17.8 Å². The number of urea groups is 1. The van der Waals surface area contributed by atoms with Crippen LogP contribution >= 0.6 is 11.8 Å². The number of amides is 4. The van der Waals surface area contributed by atoms with Crippen molar-refractivity contribution < 1.29 is 23.2 Å². The number of rotatable bonds is 6. The SMILES string of the molecule is O=C1NC(=O)N(Cc2ccccc2)C(=O)C1=Cc1ccc(SCc2ccco2)o1. The minimum Gasteiger partial charge on any atom is -0.468 e. The number of carbonyl (C=O) groups is 3. The summed E-state index contributed by atoms with van der Waals surface area (Å²) in [5.41, 5.74) is 0.622. The zero-order valence-corrected chi connectivity index (χ0v) is 16.0. The van der Waals surface area contributed by atoms with E-state index in [9.17, 15) is 14.4 Å². The standard InChI is InChI=1S/C21H16N2O5S/c24-19-17(11-15-8-9-18(28-15)29-13-16-7-4-10-27-16)20(25)23(21(26)22-19)12-14-5-2-1-3-6-14/h1-11H,12-13H2,(H,22,24,26). The lowest BCUT2D eigenvalue weighted by molar-refractivity contribution is -0.130. The molecule has 2 aromatic heterocycles. The molecular formula is C21H16N2O5S. The van der Waals surface area contributed by atoms with Crippen molar-refractivity contribution in [1.29, 1.82) is 0 Å². The molecule has 1 aliphatic heterocycles. The molecule has 146 valence electrons. The van der Waals surface area contributed by atoms with Gasteiger partial charge in [-0.25, -0.2) is 4.79 Å². The number of hydrogen-bond acceptors (Lipinski definition) is 6. The molecule has 29 heavy (non-hydrogen) atoms. The Balaban J connectivity index is 1.50. The maximum atomic E-state index is 12.8. The first kappa shape index (κ1) is 18.8. The second kappa shape index (κ2) is 8.24. The third-order valence-corrected chi connectivity index (χ3v) is 5.13. The summed E-state index contributed by atoms with van der Waals surface area (Å²) >= 11 is 1.43. The summed E-state index contributed by atoms with van der Waals surface area (Å²) in [6, 6.07) is 15.4. The number of benzene rings is 1. The number of nitrogens with one attached hydrogen (secondary N) is 1. The van der Waals surface area contributed by atoms with E-state index in [1.54, 1.807) is 30.5 Å². The summed E-state index contributed by atoms with van der Waals surface area (Å²) in [6.45, 7) is 0.0680. The van der Waals surface area contributed by atoms with Gasteiger partial charge in [0.25, 0.3) is 11.8 Å². The van der Waals surface area contributed by atoms with Crippen molar-refractivity contribution in [3.05, 3.63) is 83.5 Å². The van der Waals surface area contributed by atoms with Crippen molar-refractivity contribution in [2.24, 2.45) is 0 Å². The molecule has 0 unspecified atom stereocenters. The van der Waals surface area contributed by atoms with Gasteiger partial charge in [-0.15, -0.1) is 0 Å². The van der Waals surface area contributed by atoms with Crippen LogP contribution in [0.25, 0.3) is 6.08 Å². The van der Waals surface area contributed by atoms with Gasteiger partial charge in [-0.05, 0) is 35.9 Å². The number of thioether (sulfide) groups is 1. The molecule has 1 aromatic carbocycles. The molecule has 0 aliphatic carbocycles. The van der Waals surface area contributed by atoms with Crippen LogP contribution in [-0.4, -0.2) is 22.7 Å². The van der Waals surface area contributed by atoms with Gasteiger partial charge in [-0.1, -0.05) is 42.1 Å². The molecule has 4 rings (SSSR count). The molecule has 4 amide bonds. The van der Waals surface area contributed by atoms with E-state index in [1.165, 1.54) is 17.8 Å². The van der Waals surface area contributed by atoms with Crippen molar-refractivity contribution in [2.75, 3.05) is 0 Å². The Hall–Kier alpha value is -3.52. The first-order valence-electron chi connectivity index (χ1n) is 8.78. The summed E-state index contributed by atoms with van der Waals surface area (Å²) in [4.78, 5) is 38.1. The molecule has 0 atom stereocenters. The van der Waals surface area contributed by atoms with E-state index >= 15 is 0 Å². The Labute approximate surface area is 170 Å². The van der Waals surface area contributed by atoms with Crippen LogP contribution in [0.15, 0.2) is 80.4 Å². The lowest BCUT2D eigenvalue weighted by atomic mass is 10.1. The van der Waals surface area contributed by atoms with E-state index in [-0.39, 0.29) is 12.1 Å². The summed E-state index contributed by atoms with van der Waals surface area (Å²) in [5, 5.41) is 2.82. The molecule has 0 saturated carbocycles. The third-order valence-electron chi connectivity index (χ3n) is 4.19. The van der Waals surface area contributed by atoms with Crippen LogP contribution in [0.4, 0.5) is 4.79 Å². The Morgan fingerprint density at radius 1 is 1.00 bits per heavy atom. The average molecular weight is 408 g/mol. The van der Waals surface area contributed by atoms with Crippen LogP contribution in [0.5, 0.6) is 0 Å². The van der Waals surface area contributed by atoms with E-state index in [0.717, 1.165) is 16.2 Å². The molecule has 1 saturated heterocycles. The van der Waals surface area contributed by atoms with Gasteiger partial charge < -0.3 is 8.83 Å². The van der Waals surface area contributed by atoms with Crippen LogP contribution in [0.2, 0.25) is 0 Å². The van der Waals surface area contributed by atoms with Crippen LogP contribution in [-0.2, 0) is 21.9 Å². The molecule has 1 fully saturated rings. The van der Waals surface area contributed by atoms with Gasteiger partial charge >= 0.3 is 6.03 Å². The second-order valence-corrected chi connectivity index (χ2v) is 7.20. The van der Waals surface area contributed by atoms with Crippen LogP contribution in [0, 0.1) is 0 Å². The fourth-order valence-corrected chi connectivity index (χ4v) is 3.54. The topological polar surface area (TPSA) is 92.8 Å². The Morgan fingerprint density at radius 2 is 1.83 bits per heavy atom. The first-order valence-corrected chi connectivity index (χ1v) is 9.76. The summed E-state index contributed by atoms with van der Waals surface area (Å²) in [7, 11) is 0. The predicted octanol–water partition coefficient (Wildman–Crippen LogP) is 3.83. The molecule has 1 aliphatic rings. The summed E-state index contributed by atoms with van der Waals surface area (Å²) < 4.78 is 10.9. The highest BCUT2D eigenvalue weighted by Crippen LogP contribution is 2.26. The normalized spacial score (nSPS) is 15.8. The first-order chi connectivity index (χ1) is 14.1. The third kappa shape index (κ3) is 4.33. The van der Waals surface area contributed by atoms with Gasteiger partial charge in [0, 0.05) is 0 Å². The van der Waals surface area contributed by atoms with E-state index in [4.69, 9.17) is 8.83 Å². The number of carbonyl (C=O) groups excluding carboxylic acids is 3. The van der Waals surface area contributed by atoms with Gasteiger partial charge in [0.05, 0.1) is 18.6 Å². The minimum atomic E-state index is -0.745. The number of furan rings is 2. The summed E-state index contributed by atoms with van der Waals surface area (Å²) in [5.74, 6) is 0.340. The van der Waals surface area contributed by atoms with E-state index in [0.29, 0.717) is 16.6 Å². The smallest absolute Gasteiger partial charge is 0.331 e. The maximum absolute atomic E-state index is 12.8. The van der Waals surface area contributed by atoms with Crippen molar-refractivity contribution in [3.63, 3.8) is 0 Å². The van der Waals surface area contributed by atoms with Gasteiger partial charge in [-0.3, -0.25) is 19.8 Å². The van der Waals surface area contributed by atoms with Gasteiger partial charge in [-0.2, -0.15) is 0 Å². The van der Waals surface area contributed by atoms with Crippen LogP contribution in [0.3, 0.4) is 0 Å². The molecule has 3 aromatic rings. The molecule has 0 radical (unpaired) electrons. The molecule has 7 nitrogen and oxygen atoms in total. The highest BCUT2D eigenvalue weighted by molar-refractivity contribution is 7.98. The van der Waals surface area contributed by atoms with E-state index in [1.807, 2.05) is 30.3 Å². The lowest BCUT2D eigenvalue weighted by Crippen LogP contribution is -2.53. The zero-order valence-electron chi connectivity index (χ0n) is 15.2. The van der Waals surface area contributed by atoms with Crippen molar-refractivity contribution >= 4 is 35.7 Å². The zero-order chi connectivity index (χ0) is 20.2. The monoisotopic (exact) mass is 408 g/mol. The second-order valence-electron chi connectivity index (χ2n) is 6.22. The summed E-state index contributed by atoms with van der Waals surface area (Å²) in [6.07, 6.45) is 2.95. The Bertz CT molecular complexity index is 1070. The fraction of sp³-hybridized carbons (Fsp3) is 0.0952. The molecule has 1 N–H and O–H groups in total. The Kier molecular flexibility index (Phi) is 5.35. The van der Waals surface area contributed by atoms with Crippen molar-refractivity contribution in [1.82, 2.24) is 10.2 Å². The molecular weight excluding hydrogens is 392 g/mol. The number of barbiturate groups is 1. The quantitative estimate of drug-likeness (QED) is 0.379. The number of nitrogens with zero attached hydrogens (tertiary/aromatic N) is 1. The molecule has 3 heterocycles. The van der Waals surface area contributed by atoms with Crippen LogP contribution < -0.4 is 5.32 Å². The molecule has 0 bridgehead atoms. The highest BCUT2D eigenvalue weighted by atomic mass is 32.2. The fourth-order valence-electron chi connectivity index (χ4n) is 2.77. The number of hydrogen-bond donors (Lipinski definition) is 1.